The third kappa shape index (κ3) is 4.41. The zero-order chi connectivity index (χ0) is 25.4. The van der Waals surface area contributed by atoms with Gasteiger partial charge in [-0.25, -0.2) is 14.8 Å². The predicted octanol–water partition coefficient (Wildman–Crippen LogP) is 4.58. The Hall–Kier alpha value is -4.63. The van der Waals surface area contributed by atoms with Gasteiger partial charge in [-0.2, -0.15) is 0 Å². The smallest absolute Gasteiger partial charge is 0.349 e. The van der Waals surface area contributed by atoms with E-state index in [0.717, 1.165) is 22.0 Å². The van der Waals surface area contributed by atoms with Crippen molar-refractivity contribution in [2.24, 2.45) is 0 Å². The Morgan fingerprint density at radius 3 is 2.70 bits per heavy atom. The lowest BCUT2D eigenvalue weighted by molar-refractivity contribution is 0.101. The van der Waals surface area contributed by atoms with Crippen molar-refractivity contribution >= 4 is 44.8 Å². The molecular weight excluding hydrogens is 470 g/mol. The first-order chi connectivity index (χ1) is 18.1. The van der Waals surface area contributed by atoms with Crippen molar-refractivity contribution in [3.05, 3.63) is 83.1 Å². The molecule has 1 aliphatic heterocycles. The van der Waals surface area contributed by atoms with Crippen molar-refractivity contribution in [1.29, 1.82) is 0 Å². The summed E-state index contributed by atoms with van der Waals surface area (Å²) >= 11 is 0. The van der Waals surface area contributed by atoms with Crippen molar-refractivity contribution in [2.45, 2.75) is 6.92 Å². The summed E-state index contributed by atoms with van der Waals surface area (Å²) < 4.78 is 11.0. The van der Waals surface area contributed by atoms with Gasteiger partial charge in [-0.1, -0.05) is 12.1 Å². The topological polar surface area (TPSA) is 110 Å². The summed E-state index contributed by atoms with van der Waals surface area (Å²) in [6, 6.07) is 15.3. The van der Waals surface area contributed by atoms with Gasteiger partial charge in [0.2, 0.25) is 5.95 Å². The van der Waals surface area contributed by atoms with Gasteiger partial charge >= 0.3 is 5.63 Å². The quantitative estimate of drug-likeness (QED) is 0.278. The molecule has 9 heteroatoms. The number of nitrogens with zero attached hydrogens (tertiary/aromatic N) is 4. The Kier molecular flexibility index (Phi) is 5.82. The van der Waals surface area contributed by atoms with Crippen molar-refractivity contribution < 1.29 is 13.9 Å². The van der Waals surface area contributed by atoms with Crippen molar-refractivity contribution in [3.63, 3.8) is 0 Å². The lowest BCUT2D eigenvalue weighted by Gasteiger charge is -2.30. The van der Waals surface area contributed by atoms with Crippen LogP contribution in [-0.4, -0.2) is 47.0 Å². The molecule has 0 saturated carbocycles. The van der Waals surface area contributed by atoms with Gasteiger partial charge < -0.3 is 19.4 Å². The number of carbonyl (C=O) groups excluding carboxylic acids is 1. The fourth-order valence-electron chi connectivity index (χ4n) is 4.64. The van der Waals surface area contributed by atoms with Gasteiger partial charge in [-0.05, 0) is 42.6 Å². The summed E-state index contributed by atoms with van der Waals surface area (Å²) in [4.78, 5) is 40.4. The van der Waals surface area contributed by atoms with E-state index in [0.29, 0.717) is 54.6 Å². The minimum absolute atomic E-state index is 0.0664. The second-order valence-electron chi connectivity index (χ2n) is 8.81. The lowest BCUT2D eigenvalue weighted by atomic mass is 10.1. The van der Waals surface area contributed by atoms with E-state index in [9.17, 15) is 9.59 Å². The molecule has 184 valence electrons. The first kappa shape index (κ1) is 22.8. The van der Waals surface area contributed by atoms with Gasteiger partial charge in [0.25, 0.3) is 0 Å². The van der Waals surface area contributed by atoms with Crippen LogP contribution in [0.25, 0.3) is 33.0 Å². The van der Waals surface area contributed by atoms with Gasteiger partial charge in [0.15, 0.2) is 5.78 Å². The van der Waals surface area contributed by atoms with Crippen molar-refractivity contribution in [1.82, 2.24) is 15.0 Å². The minimum atomic E-state index is -0.650. The van der Waals surface area contributed by atoms with E-state index in [2.05, 4.69) is 20.3 Å². The summed E-state index contributed by atoms with van der Waals surface area (Å²) in [5.41, 5.74) is 2.74. The molecule has 1 fully saturated rings. The highest BCUT2D eigenvalue weighted by Gasteiger charge is 2.24. The summed E-state index contributed by atoms with van der Waals surface area (Å²) in [5.74, 6) is 0.0771. The Balaban J connectivity index is 1.36. The number of hydrogen-bond donors (Lipinski definition) is 1. The first-order valence-corrected chi connectivity index (χ1v) is 12.0. The number of hydrogen-bond acceptors (Lipinski definition) is 9. The number of benzene rings is 2. The molecule has 0 spiro atoms. The second-order valence-corrected chi connectivity index (χ2v) is 8.81. The zero-order valence-corrected chi connectivity index (χ0v) is 20.1. The number of morpholine rings is 1. The van der Waals surface area contributed by atoms with Gasteiger partial charge in [0, 0.05) is 59.8 Å². The highest BCUT2D eigenvalue weighted by atomic mass is 16.5. The van der Waals surface area contributed by atoms with Crippen LogP contribution in [0.5, 0.6) is 0 Å². The highest BCUT2D eigenvalue weighted by Crippen LogP contribution is 2.32. The maximum Gasteiger partial charge on any atom is 0.349 e. The average molecular weight is 494 g/mol. The number of carbonyl (C=O) groups is 1. The number of fused-ring (bicyclic) bond motifs is 2. The zero-order valence-electron chi connectivity index (χ0n) is 20.1. The van der Waals surface area contributed by atoms with Crippen LogP contribution < -0.4 is 15.8 Å². The number of anilines is 3. The third-order valence-electron chi connectivity index (χ3n) is 6.41. The number of Topliss-reactive ketones (excluding diaryl/α,β-unsaturated/α-hetero) is 1. The minimum Gasteiger partial charge on any atom is -0.422 e. The molecule has 3 aromatic heterocycles. The number of aromatic nitrogens is 3. The lowest BCUT2D eigenvalue weighted by Crippen LogP contribution is -2.38. The van der Waals surface area contributed by atoms with Crippen LogP contribution in [0.1, 0.15) is 17.3 Å². The highest BCUT2D eigenvalue weighted by molar-refractivity contribution is 6.07. The van der Waals surface area contributed by atoms with E-state index in [1.165, 1.54) is 6.92 Å². The van der Waals surface area contributed by atoms with E-state index in [-0.39, 0.29) is 11.3 Å². The van der Waals surface area contributed by atoms with Gasteiger partial charge in [-0.15, -0.1) is 0 Å². The molecule has 37 heavy (non-hydrogen) atoms. The van der Waals surface area contributed by atoms with Gasteiger partial charge in [-0.3, -0.25) is 9.78 Å². The Morgan fingerprint density at radius 1 is 1.00 bits per heavy atom. The average Bonchev–Trinajstić information content (AvgIpc) is 2.92. The standard InChI is InChI=1S/C28H23N5O4/c1-17(34)25-26(33-10-12-36-13-11-33)22-5-4-21(15-24(22)37-27(25)35)31-28-30-9-7-23(32-28)19-3-2-18-6-8-29-16-20(18)14-19/h2-9,14-16H,10-13H2,1H3,(H,30,31,32). The van der Waals surface area contributed by atoms with Crippen LogP contribution in [0.3, 0.4) is 0 Å². The van der Waals surface area contributed by atoms with Gasteiger partial charge in [0.05, 0.1) is 24.6 Å². The predicted molar refractivity (Wildman–Crippen MR) is 142 cm³/mol. The van der Waals surface area contributed by atoms with Crippen molar-refractivity contribution in [2.75, 3.05) is 36.5 Å². The molecule has 6 rings (SSSR count). The summed E-state index contributed by atoms with van der Waals surface area (Å²) in [7, 11) is 0. The molecule has 0 unspecified atom stereocenters. The maximum atomic E-state index is 12.8. The summed E-state index contributed by atoms with van der Waals surface area (Å²) in [5, 5.41) is 6.02. The maximum absolute atomic E-state index is 12.8. The molecule has 9 nitrogen and oxygen atoms in total. The number of ketones is 1. The first-order valence-electron chi connectivity index (χ1n) is 12.0. The Morgan fingerprint density at radius 2 is 1.86 bits per heavy atom. The molecule has 0 amide bonds. The molecule has 1 N–H and O–H groups in total. The molecule has 0 radical (unpaired) electrons. The fourth-order valence-corrected chi connectivity index (χ4v) is 4.64. The monoisotopic (exact) mass is 493 g/mol. The summed E-state index contributed by atoms with van der Waals surface area (Å²) in [6.07, 6.45) is 5.28. The largest absolute Gasteiger partial charge is 0.422 e. The van der Waals surface area contributed by atoms with Crippen LogP contribution in [0.15, 0.2) is 76.3 Å². The van der Waals surface area contributed by atoms with Crippen LogP contribution >= 0.6 is 0 Å². The number of nitrogens with one attached hydrogen (secondary N) is 1. The molecule has 5 aromatic rings. The van der Waals surface area contributed by atoms with E-state index < -0.39 is 5.63 Å². The molecular formula is C28H23N5O4. The van der Waals surface area contributed by atoms with Crippen molar-refractivity contribution in [3.8, 4) is 11.3 Å². The van der Waals surface area contributed by atoms with E-state index in [1.807, 2.05) is 53.6 Å². The van der Waals surface area contributed by atoms with E-state index in [4.69, 9.17) is 9.15 Å². The number of pyridine rings is 1. The van der Waals surface area contributed by atoms with Crippen LogP contribution in [0, 0.1) is 0 Å². The molecule has 0 bridgehead atoms. The second kappa shape index (κ2) is 9.44. The molecule has 0 aliphatic carbocycles. The third-order valence-corrected chi connectivity index (χ3v) is 6.41. The Labute approximate surface area is 211 Å². The number of ether oxygens (including phenoxy) is 1. The van der Waals surface area contributed by atoms with E-state index in [1.54, 1.807) is 18.5 Å². The SMILES string of the molecule is CC(=O)c1c(N2CCOCC2)c2ccc(Nc3nccc(-c4ccc5ccncc5c4)n3)cc2oc1=O. The molecule has 4 heterocycles. The molecule has 1 aliphatic rings. The summed E-state index contributed by atoms with van der Waals surface area (Å²) in [6.45, 7) is 3.61. The fraction of sp³-hybridized carbons (Fsp3) is 0.179. The molecule has 0 atom stereocenters. The Bertz CT molecular complexity index is 1710. The molecule has 1 saturated heterocycles. The normalized spacial score (nSPS) is 13.7. The van der Waals surface area contributed by atoms with Crippen LogP contribution in [-0.2, 0) is 4.74 Å². The number of rotatable bonds is 5. The van der Waals surface area contributed by atoms with E-state index >= 15 is 0 Å². The van der Waals surface area contributed by atoms with Crippen LogP contribution in [0.2, 0.25) is 0 Å². The van der Waals surface area contributed by atoms with Crippen LogP contribution in [0.4, 0.5) is 17.3 Å². The van der Waals surface area contributed by atoms with Gasteiger partial charge in [0.1, 0.15) is 11.1 Å². The molecule has 2 aromatic carbocycles.